The van der Waals surface area contributed by atoms with Crippen LogP contribution in [0.15, 0.2) is 12.1 Å². The molecular formula is C19H29N5O. The zero-order valence-corrected chi connectivity index (χ0v) is 16.1. The van der Waals surface area contributed by atoms with Crippen LogP contribution in [-0.2, 0) is 0 Å². The van der Waals surface area contributed by atoms with E-state index in [1.807, 2.05) is 19.1 Å². The smallest absolute Gasteiger partial charge is 0.222 e. The summed E-state index contributed by atoms with van der Waals surface area (Å²) in [5.41, 5.74) is 9.43. The monoisotopic (exact) mass is 343 g/mol. The number of ether oxygens (including phenoxy) is 1. The molecule has 3 N–H and O–H groups in total. The van der Waals surface area contributed by atoms with Gasteiger partial charge in [-0.25, -0.2) is 15.0 Å². The fraction of sp³-hybridized carbons (Fsp3) is 0.526. The molecule has 0 atom stereocenters. The number of nitrogens with zero attached hydrogens (tertiary/aromatic N) is 3. The van der Waals surface area contributed by atoms with Crippen molar-refractivity contribution in [2.45, 2.75) is 59.4 Å². The number of nitrogen functional groups attached to an aromatic ring is 1. The third-order valence-electron chi connectivity index (χ3n) is 4.35. The molecule has 0 bridgehead atoms. The van der Waals surface area contributed by atoms with Crippen LogP contribution in [-0.4, -0.2) is 28.1 Å². The van der Waals surface area contributed by atoms with Crippen LogP contribution in [0.3, 0.4) is 0 Å². The maximum absolute atomic E-state index is 6.16. The van der Waals surface area contributed by atoms with E-state index in [2.05, 4.69) is 48.0 Å². The lowest BCUT2D eigenvalue weighted by molar-refractivity contribution is 0.397. The van der Waals surface area contributed by atoms with Gasteiger partial charge in [0.05, 0.1) is 24.1 Å². The molecular weight excluding hydrogens is 314 g/mol. The first-order valence-corrected chi connectivity index (χ1v) is 8.87. The number of hydrogen-bond donors (Lipinski definition) is 2. The summed E-state index contributed by atoms with van der Waals surface area (Å²) in [6.07, 6.45) is 2.01. The molecule has 0 aliphatic rings. The summed E-state index contributed by atoms with van der Waals surface area (Å²) >= 11 is 0. The highest BCUT2D eigenvalue weighted by Crippen LogP contribution is 2.32. The van der Waals surface area contributed by atoms with Crippen LogP contribution in [0.1, 0.15) is 57.8 Å². The quantitative estimate of drug-likeness (QED) is 0.785. The average Bonchev–Trinajstić information content (AvgIpc) is 2.61. The molecule has 6 nitrogen and oxygen atoms in total. The minimum Gasteiger partial charge on any atom is -0.480 e. The van der Waals surface area contributed by atoms with Gasteiger partial charge in [0.15, 0.2) is 11.6 Å². The van der Waals surface area contributed by atoms with E-state index in [0.29, 0.717) is 35.2 Å². The molecule has 0 aliphatic carbocycles. The van der Waals surface area contributed by atoms with Crippen molar-refractivity contribution in [3.05, 3.63) is 23.5 Å². The van der Waals surface area contributed by atoms with Crippen LogP contribution in [0, 0.1) is 6.92 Å². The van der Waals surface area contributed by atoms with Gasteiger partial charge in [0, 0.05) is 11.7 Å². The predicted octanol–water partition coefficient (Wildman–Crippen LogP) is 4.16. The zero-order valence-electron chi connectivity index (χ0n) is 16.1. The lowest BCUT2D eigenvalue weighted by Crippen LogP contribution is -2.20. The number of nitrogens with two attached hydrogens (primary N) is 1. The van der Waals surface area contributed by atoms with Crippen LogP contribution >= 0.6 is 0 Å². The van der Waals surface area contributed by atoms with Crippen LogP contribution in [0.5, 0.6) is 5.88 Å². The summed E-state index contributed by atoms with van der Waals surface area (Å²) in [6.45, 7) is 10.4. The van der Waals surface area contributed by atoms with E-state index in [-0.39, 0.29) is 0 Å². The maximum Gasteiger partial charge on any atom is 0.222 e. The first-order chi connectivity index (χ1) is 11.9. The van der Waals surface area contributed by atoms with Crippen molar-refractivity contribution in [1.82, 2.24) is 15.0 Å². The van der Waals surface area contributed by atoms with Gasteiger partial charge in [-0.1, -0.05) is 27.7 Å². The number of hydrogen-bond acceptors (Lipinski definition) is 6. The second-order valence-corrected chi connectivity index (χ2v) is 6.50. The Kier molecular flexibility index (Phi) is 6.17. The summed E-state index contributed by atoms with van der Waals surface area (Å²) in [7, 11) is 1.62. The lowest BCUT2D eigenvalue weighted by Gasteiger charge is -2.18. The van der Waals surface area contributed by atoms with E-state index in [4.69, 9.17) is 10.5 Å². The zero-order chi connectivity index (χ0) is 18.6. The third-order valence-corrected chi connectivity index (χ3v) is 4.35. The molecule has 2 aromatic heterocycles. The Morgan fingerprint density at radius 3 is 2.36 bits per heavy atom. The number of aryl methyl sites for hydroxylation is 1. The minimum atomic E-state index is 0.326. The summed E-state index contributed by atoms with van der Waals surface area (Å²) in [4.78, 5) is 13.8. The van der Waals surface area contributed by atoms with Gasteiger partial charge in [-0.05, 0) is 37.8 Å². The molecule has 0 saturated carbocycles. The Bertz CT molecular complexity index is 726. The number of pyridine rings is 1. The van der Waals surface area contributed by atoms with Crippen molar-refractivity contribution < 1.29 is 4.74 Å². The molecule has 2 aromatic rings. The minimum absolute atomic E-state index is 0.326. The van der Waals surface area contributed by atoms with E-state index in [0.717, 1.165) is 29.8 Å². The number of methoxy groups -OCH3 is 1. The number of rotatable bonds is 7. The van der Waals surface area contributed by atoms with Crippen molar-refractivity contribution in [2.75, 3.05) is 18.2 Å². The standard InChI is InChI=1S/C19H29N5O/c1-7-13(8-2)22-18-17(20)24-16(12(5)21-18)14-9-10-15(11(3)4)23-19(14)25-6/h9-11,13H,7-8H2,1-6H3,(H2,20,24)(H,21,22). The molecule has 2 rings (SSSR count). The van der Waals surface area contributed by atoms with Gasteiger partial charge < -0.3 is 15.8 Å². The van der Waals surface area contributed by atoms with Crippen molar-refractivity contribution in [3.63, 3.8) is 0 Å². The Labute approximate surface area is 150 Å². The Hall–Kier alpha value is -2.37. The summed E-state index contributed by atoms with van der Waals surface area (Å²) < 4.78 is 5.48. The van der Waals surface area contributed by atoms with Gasteiger partial charge >= 0.3 is 0 Å². The molecule has 0 fully saturated rings. The first kappa shape index (κ1) is 19.0. The van der Waals surface area contributed by atoms with Crippen LogP contribution in [0.4, 0.5) is 11.6 Å². The van der Waals surface area contributed by atoms with Gasteiger partial charge in [-0.15, -0.1) is 0 Å². The summed E-state index contributed by atoms with van der Waals surface area (Å²) in [6, 6.07) is 4.31. The van der Waals surface area contributed by atoms with Gasteiger partial charge in [0.1, 0.15) is 0 Å². The number of aromatic nitrogens is 3. The van der Waals surface area contributed by atoms with E-state index in [1.54, 1.807) is 7.11 Å². The molecule has 0 radical (unpaired) electrons. The second-order valence-electron chi connectivity index (χ2n) is 6.50. The van der Waals surface area contributed by atoms with Gasteiger partial charge in [0.25, 0.3) is 0 Å². The van der Waals surface area contributed by atoms with E-state index < -0.39 is 0 Å². The topological polar surface area (TPSA) is 86.0 Å². The maximum atomic E-state index is 6.16. The summed E-state index contributed by atoms with van der Waals surface area (Å²) in [5, 5.41) is 3.37. The molecule has 0 amide bonds. The molecule has 0 aromatic carbocycles. The lowest BCUT2D eigenvalue weighted by atomic mass is 10.1. The highest BCUT2D eigenvalue weighted by Gasteiger charge is 2.17. The molecule has 0 aliphatic heterocycles. The van der Waals surface area contributed by atoms with Crippen molar-refractivity contribution >= 4 is 11.6 Å². The third kappa shape index (κ3) is 4.18. The molecule has 25 heavy (non-hydrogen) atoms. The van der Waals surface area contributed by atoms with Crippen LogP contribution < -0.4 is 15.8 Å². The molecule has 0 saturated heterocycles. The second kappa shape index (κ2) is 8.14. The summed E-state index contributed by atoms with van der Waals surface area (Å²) in [5.74, 6) is 1.90. The molecule has 0 unspecified atom stereocenters. The van der Waals surface area contributed by atoms with E-state index >= 15 is 0 Å². The molecule has 6 heteroatoms. The van der Waals surface area contributed by atoms with Crippen molar-refractivity contribution in [1.29, 1.82) is 0 Å². The van der Waals surface area contributed by atoms with Gasteiger partial charge in [0.2, 0.25) is 5.88 Å². The SMILES string of the molecule is CCC(CC)Nc1nc(C)c(-c2ccc(C(C)C)nc2OC)nc1N. The number of anilines is 2. The Balaban J connectivity index is 2.45. The fourth-order valence-corrected chi connectivity index (χ4v) is 2.69. The van der Waals surface area contributed by atoms with Crippen LogP contribution in [0.25, 0.3) is 11.3 Å². The largest absolute Gasteiger partial charge is 0.480 e. The molecule has 0 spiro atoms. The van der Waals surface area contributed by atoms with Crippen LogP contribution in [0.2, 0.25) is 0 Å². The highest BCUT2D eigenvalue weighted by molar-refractivity contribution is 5.71. The Morgan fingerprint density at radius 1 is 1.12 bits per heavy atom. The first-order valence-electron chi connectivity index (χ1n) is 8.87. The highest BCUT2D eigenvalue weighted by atomic mass is 16.5. The normalized spacial score (nSPS) is 11.2. The van der Waals surface area contributed by atoms with Crippen molar-refractivity contribution in [3.8, 4) is 17.1 Å². The van der Waals surface area contributed by atoms with E-state index in [1.165, 1.54) is 0 Å². The predicted molar refractivity (Wildman–Crippen MR) is 103 cm³/mol. The number of nitrogens with one attached hydrogen (secondary N) is 1. The Morgan fingerprint density at radius 2 is 1.80 bits per heavy atom. The van der Waals surface area contributed by atoms with Gasteiger partial charge in [-0.3, -0.25) is 0 Å². The van der Waals surface area contributed by atoms with Gasteiger partial charge in [-0.2, -0.15) is 0 Å². The van der Waals surface area contributed by atoms with E-state index in [9.17, 15) is 0 Å². The fourth-order valence-electron chi connectivity index (χ4n) is 2.69. The van der Waals surface area contributed by atoms with Crippen molar-refractivity contribution in [2.24, 2.45) is 0 Å². The molecule has 136 valence electrons. The average molecular weight is 343 g/mol. The molecule has 2 heterocycles.